The van der Waals surface area contributed by atoms with Crippen molar-refractivity contribution in [2.75, 3.05) is 6.26 Å². The van der Waals surface area contributed by atoms with Gasteiger partial charge in [0.15, 0.2) is 9.84 Å². The van der Waals surface area contributed by atoms with Gasteiger partial charge in [0, 0.05) is 22.5 Å². The fourth-order valence-electron chi connectivity index (χ4n) is 1.81. The third kappa shape index (κ3) is 2.82. The van der Waals surface area contributed by atoms with Crippen molar-refractivity contribution in [2.24, 2.45) is 0 Å². The molecule has 0 unspecified atom stereocenters. The molecule has 0 saturated heterocycles. The zero-order valence-corrected chi connectivity index (χ0v) is 13.6. The topological polar surface area (TPSA) is 73.7 Å². The summed E-state index contributed by atoms with van der Waals surface area (Å²) in [5.74, 6) is 0. The Morgan fingerprint density at radius 2 is 1.90 bits per heavy atom. The normalized spacial score (nSPS) is 11.1. The summed E-state index contributed by atoms with van der Waals surface area (Å²) in [6, 6.07) is 9.02. The highest BCUT2D eigenvalue weighted by Crippen LogP contribution is 2.31. The van der Waals surface area contributed by atoms with Gasteiger partial charge in [-0.25, -0.2) is 8.42 Å². The summed E-state index contributed by atoms with van der Waals surface area (Å²) in [6.07, 6.45) is 2.43. The van der Waals surface area contributed by atoms with E-state index >= 15 is 0 Å². The number of aromatic nitrogens is 1. The molecule has 0 amide bonds. The Hall–Kier alpha value is -1.49. The van der Waals surface area contributed by atoms with Crippen LogP contribution >= 0.6 is 28.1 Å². The van der Waals surface area contributed by atoms with Crippen molar-refractivity contribution in [3.8, 4) is 17.2 Å². The maximum absolute atomic E-state index is 11.9. The first-order valence-corrected chi connectivity index (χ1v) is 8.55. The number of aromatic amines is 1. The molecule has 4 nitrogen and oxygen atoms in total. The number of pyridine rings is 1. The Morgan fingerprint density at radius 3 is 2.40 bits per heavy atom. The van der Waals surface area contributed by atoms with Crippen molar-refractivity contribution in [1.82, 2.24) is 4.98 Å². The molecule has 0 aliphatic carbocycles. The highest BCUT2D eigenvalue weighted by atomic mass is 79.9. The van der Waals surface area contributed by atoms with Gasteiger partial charge in [-0.15, -0.1) is 0 Å². The summed E-state index contributed by atoms with van der Waals surface area (Å²) in [7, 11) is -3.48. The second kappa shape index (κ2) is 5.48. The van der Waals surface area contributed by atoms with E-state index in [9.17, 15) is 13.7 Å². The molecule has 1 N–H and O–H groups in total. The number of nitrogens with zero attached hydrogens (tertiary/aromatic N) is 1. The first kappa shape index (κ1) is 14.9. The van der Waals surface area contributed by atoms with Crippen molar-refractivity contribution in [2.45, 2.75) is 4.90 Å². The molecule has 0 saturated carbocycles. The quantitative estimate of drug-likeness (QED) is 0.823. The molecule has 0 radical (unpaired) electrons. The van der Waals surface area contributed by atoms with Crippen LogP contribution in [0.25, 0.3) is 11.1 Å². The first-order chi connectivity index (χ1) is 9.34. The van der Waals surface area contributed by atoms with Gasteiger partial charge in [-0.1, -0.05) is 40.3 Å². The SMILES string of the molecule is CS(=O)(=O)c1c[nH]c(=S)c(C#N)c1-c1ccc(Br)cc1. The number of hydrogen-bond acceptors (Lipinski definition) is 4. The molecule has 2 aromatic rings. The van der Waals surface area contributed by atoms with Gasteiger partial charge in [-0.05, 0) is 17.7 Å². The largest absolute Gasteiger partial charge is 0.350 e. The Bertz CT molecular complexity index is 863. The van der Waals surface area contributed by atoms with E-state index in [2.05, 4.69) is 20.9 Å². The minimum atomic E-state index is -3.48. The summed E-state index contributed by atoms with van der Waals surface area (Å²) >= 11 is 8.38. The van der Waals surface area contributed by atoms with E-state index in [0.717, 1.165) is 10.7 Å². The predicted octanol–water partition coefficient (Wildman–Crippen LogP) is 3.45. The highest BCUT2D eigenvalue weighted by Gasteiger charge is 2.19. The Kier molecular flexibility index (Phi) is 4.09. The summed E-state index contributed by atoms with van der Waals surface area (Å²) in [6.45, 7) is 0. The second-order valence-corrected chi connectivity index (χ2v) is 7.43. The number of halogens is 1. The zero-order chi connectivity index (χ0) is 14.9. The predicted molar refractivity (Wildman–Crippen MR) is 82.6 cm³/mol. The molecule has 0 spiro atoms. The average Bonchev–Trinajstić information content (AvgIpc) is 2.38. The molecule has 0 bridgehead atoms. The van der Waals surface area contributed by atoms with Crippen LogP contribution in [0.1, 0.15) is 5.56 Å². The lowest BCUT2D eigenvalue weighted by Crippen LogP contribution is -2.03. The summed E-state index contributed by atoms with van der Waals surface area (Å²) in [5.41, 5.74) is 1.13. The maximum atomic E-state index is 11.9. The minimum absolute atomic E-state index is 0.0602. The lowest BCUT2D eigenvalue weighted by Gasteiger charge is -2.10. The van der Waals surface area contributed by atoms with Crippen molar-refractivity contribution >= 4 is 38.0 Å². The van der Waals surface area contributed by atoms with Gasteiger partial charge < -0.3 is 4.98 Å². The van der Waals surface area contributed by atoms with Crippen molar-refractivity contribution in [1.29, 1.82) is 5.26 Å². The van der Waals surface area contributed by atoms with Crippen LogP contribution in [0.4, 0.5) is 0 Å². The van der Waals surface area contributed by atoms with Crippen LogP contribution in [0.2, 0.25) is 0 Å². The van der Waals surface area contributed by atoms with Gasteiger partial charge in [0.1, 0.15) is 10.7 Å². The van der Waals surface area contributed by atoms with Crippen LogP contribution in [-0.4, -0.2) is 19.7 Å². The van der Waals surface area contributed by atoms with Crippen molar-refractivity contribution in [3.05, 3.63) is 45.1 Å². The first-order valence-electron chi connectivity index (χ1n) is 5.46. The molecule has 0 aliphatic rings. The van der Waals surface area contributed by atoms with Gasteiger partial charge in [0.05, 0.1) is 10.5 Å². The molecule has 0 aliphatic heterocycles. The molecule has 2 rings (SSSR count). The van der Waals surface area contributed by atoms with Crippen molar-refractivity contribution in [3.63, 3.8) is 0 Å². The number of nitriles is 1. The van der Waals surface area contributed by atoms with Gasteiger partial charge in [0.25, 0.3) is 0 Å². The number of rotatable bonds is 2. The van der Waals surface area contributed by atoms with Crippen LogP contribution < -0.4 is 0 Å². The van der Waals surface area contributed by atoms with Gasteiger partial charge in [-0.2, -0.15) is 5.26 Å². The number of hydrogen-bond donors (Lipinski definition) is 1. The fraction of sp³-hybridized carbons (Fsp3) is 0.0769. The van der Waals surface area contributed by atoms with Crippen molar-refractivity contribution < 1.29 is 8.42 Å². The van der Waals surface area contributed by atoms with Crippen LogP contribution in [0.15, 0.2) is 39.8 Å². The Labute approximate surface area is 130 Å². The van der Waals surface area contributed by atoms with Gasteiger partial charge >= 0.3 is 0 Å². The van der Waals surface area contributed by atoms with Crippen LogP contribution in [0.5, 0.6) is 0 Å². The van der Waals surface area contributed by atoms with Crippen LogP contribution in [0.3, 0.4) is 0 Å². The minimum Gasteiger partial charge on any atom is -0.350 e. The third-order valence-corrected chi connectivity index (χ3v) is 4.67. The Morgan fingerprint density at radius 1 is 1.30 bits per heavy atom. The zero-order valence-electron chi connectivity index (χ0n) is 10.3. The number of nitrogens with one attached hydrogen (secondary N) is 1. The molecule has 1 heterocycles. The molecule has 7 heteroatoms. The number of H-pyrrole nitrogens is 1. The number of sulfone groups is 1. The fourth-order valence-corrected chi connectivity index (χ4v) is 3.15. The molecular formula is C13H9BrN2O2S2. The molecule has 1 aromatic heterocycles. The van der Waals surface area contributed by atoms with E-state index in [1.54, 1.807) is 24.3 Å². The lowest BCUT2D eigenvalue weighted by molar-refractivity contribution is 0.601. The Balaban J connectivity index is 2.92. The lowest BCUT2D eigenvalue weighted by atomic mass is 10.0. The van der Waals surface area contributed by atoms with E-state index in [0.29, 0.717) is 11.1 Å². The second-order valence-electron chi connectivity index (χ2n) is 4.12. The maximum Gasteiger partial charge on any atom is 0.177 e. The van der Waals surface area contributed by atoms with E-state index in [1.807, 2.05) is 6.07 Å². The molecular weight excluding hydrogens is 360 g/mol. The molecule has 102 valence electrons. The van der Waals surface area contributed by atoms with E-state index in [4.69, 9.17) is 12.2 Å². The van der Waals surface area contributed by atoms with Gasteiger partial charge in [-0.3, -0.25) is 0 Å². The summed E-state index contributed by atoms with van der Waals surface area (Å²) in [5, 5.41) is 9.26. The standard InChI is InChI=1S/C13H9BrN2O2S2/c1-20(17,18)11-7-16-13(19)10(6-15)12(11)8-2-4-9(14)5-3-8/h2-5,7H,1H3,(H,16,19). The summed E-state index contributed by atoms with van der Waals surface area (Å²) < 4.78 is 24.9. The highest BCUT2D eigenvalue weighted by molar-refractivity contribution is 9.10. The van der Waals surface area contributed by atoms with Crippen LogP contribution in [0, 0.1) is 16.0 Å². The average molecular weight is 369 g/mol. The van der Waals surface area contributed by atoms with E-state index in [1.165, 1.54) is 6.20 Å². The van der Waals surface area contributed by atoms with Crippen LogP contribution in [-0.2, 0) is 9.84 Å². The molecule has 0 fully saturated rings. The monoisotopic (exact) mass is 368 g/mol. The smallest absolute Gasteiger partial charge is 0.177 e. The van der Waals surface area contributed by atoms with E-state index < -0.39 is 9.84 Å². The molecule has 1 aromatic carbocycles. The molecule has 0 atom stereocenters. The number of benzene rings is 1. The van der Waals surface area contributed by atoms with Gasteiger partial charge in [0.2, 0.25) is 0 Å². The van der Waals surface area contributed by atoms with E-state index in [-0.39, 0.29) is 15.1 Å². The third-order valence-electron chi connectivity index (χ3n) is 2.70. The molecule has 20 heavy (non-hydrogen) atoms. The summed E-state index contributed by atoms with van der Waals surface area (Å²) in [4.78, 5) is 2.71.